The standard InChI is InChI=1S/C31H26FN3O2/c1-37-27-18-12-24(13-19-27)29-21-30(35(34-29)26-16-14-25(32)15-17-26)31(36)33-28(23-10-6-3-7-11-23)20-22-8-4-2-5-9-22/h2-19,21,28H,20H2,1H3,(H,33,36). The minimum atomic E-state index is -0.357. The summed E-state index contributed by atoms with van der Waals surface area (Å²) in [7, 11) is 1.61. The lowest BCUT2D eigenvalue weighted by molar-refractivity contribution is 0.0928. The zero-order valence-electron chi connectivity index (χ0n) is 20.3. The Morgan fingerprint density at radius 2 is 1.54 bits per heavy atom. The van der Waals surface area contributed by atoms with E-state index in [0.717, 1.165) is 22.4 Å². The van der Waals surface area contributed by atoms with Crippen LogP contribution in [0.25, 0.3) is 16.9 Å². The number of ether oxygens (including phenoxy) is 1. The van der Waals surface area contributed by atoms with E-state index >= 15 is 0 Å². The summed E-state index contributed by atoms with van der Waals surface area (Å²) in [4.78, 5) is 13.8. The van der Waals surface area contributed by atoms with Crippen LogP contribution in [0.2, 0.25) is 0 Å². The van der Waals surface area contributed by atoms with E-state index in [1.165, 1.54) is 12.1 Å². The number of carbonyl (C=O) groups excluding carboxylic acids is 1. The first-order chi connectivity index (χ1) is 18.1. The number of methoxy groups -OCH3 is 1. The van der Waals surface area contributed by atoms with E-state index in [4.69, 9.17) is 9.84 Å². The van der Waals surface area contributed by atoms with Crippen molar-refractivity contribution in [2.75, 3.05) is 7.11 Å². The molecule has 0 aliphatic heterocycles. The van der Waals surface area contributed by atoms with Crippen LogP contribution in [0.5, 0.6) is 5.75 Å². The van der Waals surface area contributed by atoms with Crippen LogP contribution in [0.1, 0.15) is 27.7 Å². The summed E-state index contributed by atoms with van der Waals surface area (Å²) in [5.74, 6) is 0.0944. The fourth-order valence-corrected chi connectivity index (χ4v) is 4.24. The minimum Gasteiger partial charge on any atom is -0.497 e. The molecular formula is C31H26FN3O2. The molecule has 0 radical (unpaired) electrons. The average molecular weight is 492 g/mol. The summed E-state index contributed by atoms with van der Waals surface area (Å²) < 4.78 is 20.5. The molecule has 1 aromatic heterocycles. The Morgan fingerprint density at radius 3 is 2.19 bits per heavy atom. The van der Waals surface area contributed by atoms with E-state index in [0.29, 0.717) is 23.5 Å². The molecule has 1 amide bonds. The van der Waals surface area contributed by atoms with Gasteiger partial charge >= 0.3 is 0 Å². The van der Waals surface area contributed by atoms with Crippen LogP contribution in [0, 0.1) is 5.82 Å². The molecule has 0 aliphatic carbocycles. The van der Waals surface area contributed by atoms with Crippen LogP contribution in [-0.2, 0) is 6.42 Å². The lowest BCUT2D eigenvalue weighted by atomic mass is 9.98. The monoisotopic (exact) mass is 491 g/mol. The Labute approximate surface area is 215 Å². The van der Waals surface area contributed by atoms with Crippen molar-refractivity contribution < 1.29 is 13.9 Å². The number of benzene rings is 4. The highest BCUT2D eigenvalue weighted by atomic mass is 19.1. The van der Waals surface area contributed by atoms with Gasteiger partial charge in [-0.15, -0.1) is 0 Å². The molecule has 5 aromatic rings. The summed E-state index contributed by atoms with van der Waals surface area (Å²) in [5, 5.41) is 7.92. The second kappa shape index (κ2) is 10.9. The first-order valence-corrected chi connectivity index (χ1v) is 12.0. The van der Waals surface area contributed by atoms with Gasteiger partial charge in [0.2, 0.25) is 0 Å². The zero-order valence-corrected chi connectivity index (χ0v) is 20.3. The number of nitrogens with zero attached hydrogens (tertiary/aromatic N) is 2. The van der Waals surface area contributed by atoms with Crippen molar-refractivity contribution in [3.8, 4) is 22.7 Å². The summed E-state index contributed by atoms with van der Waals surface area (Å²) in [6, 6.07) is 34.8. The number of hydrogen-bond acceptors (Lipinski definition) is 3. The smallest absolute Gasteiger partial charge is 0.270 e. The van der Waals surface area contributed by atoms with Crippen LogP contribution in [-0.4, -0.2) is 22.8 Å². The molecule has 5 rings (SSSR count). The van der Waals surface area contributed by atoms with E-state index in [1.807, 2.05) is 84.9 Å². The van der Waals surface area contributed by atoms with E-state index in [1.54, 1.807) is 30.0 Å². The van der Waals surface area contributed by atoms with Gasteiger partial charge in [0.25, 0.3) is 5.91 Å². The quantitative estimate of drug-likeness (QED) is 0.273. The van der Waals surface area contributed by atoms with Crippen molar-refractivity contribution in [3.63, 3.8) is 0 Å². The Morgan fingerprint density at radius 1 is 0.892 bits per heavy atom. The van der Waals surface area contributed by atoms with Crippen LogP contribution in [0.15, 0.2) is 115 Å². The Hall–Kier alpha value is -4.71. The Kier molecular flexibility index (Phi) is 7.08. The van der Waals surface area contributed by atoms with Gasteiger partial charge in [-0.05, 0) is 72.1 Å². The molecule has 5 nitrogen and oxygen atoms in total. The van der Waals surface area contributed by atoms with Crippen LogP contribution >= 0.6 is 0 Å². The van der Waals surface area contributed by atoms with Gasteiger partial charge in [-0.25, -0.2) is 9.07 Å². The second-order valence-electron chi connectivity index (χ2n) is 8.66. The Balaban J connectivity index is 1.52. The van der Waals surface area contributed by atoms with Gasteiger partial charge in [-0.1, -0.05) is 60.7 Å². The largest absolute Gasteiger partial charge is 0.497 e. The molecule has 1 atom stereocenters. The number of hydrogen-bond donors (Lipinski definition) is 1. The maximum atomic E-state index is 13.8. The SMILES string of the molecule is COc1ccc(-c2cc(C(=O)NC(Cc3ccccc3)c3ccccc3)n(-c3ccc(F)cc3)n2)cc1. The van der Waals surface area contributed by atoms with Crippen molar-refractivity contribution in [2.45, 2.75) is 12.5 Å². The number of aromatic nitrogens is 2. The van der Waals surface area contributed by atoms with E-state index in [9.17, 15) is 9.18 Å². The third-order valence-electron chi connectivity index (χ3n) is 6.19. The summed E-state index contributed by atoms with van der Waals surface area (Å²) in [5.41, 5.74) is 4.51. The highest BCUT2D eigenvalue weighted by Gasteiger charge is 2.22. The number of amides is 1. The maximum absolute atomic E-state index is 13.8. The van der Waals surface area contributed by atoms with Gasteiger partial charge in [-0.3, -0.25) is 4.79 Å². The average Bonchev–Trinajstić information content (AvgIpc) is 3.40. The van der Waals surface area contributed by atoms with Gasteiger partial charge in [0, 0.05) is 5.56 Å². The van der Waals surface area contributed by atoms with Crippen molar-refractivity contribution in [1.82, 2.24) is 15.1 Å². The molecule has 0 saturated carbocycles. The van der Waals surface area contributed by atoms with E-state index in [-0.39, 0.29) is 17.8 Å². The summed E-state index contributed by atoms with van der Waals surface area (Å²) >= 11 is 0. The third kappa shape index (κ3) is 5.59. The summed E-state index contributed by atoms with van der Waals surface area (Å²) in [6.07, 6.45) is 0.632. The molecule has 37 heavy (non-hydrogen) atoms. The number of halogens is 1. The molecule has 0 aliphatic rings. The van der Waals surface area contributed by atoms with E-state index < -0.39 is 0 Å². The molecule has 4 aromatic carbocycles. The molecule has 0 spiro atoms. The first-order valence-electron chi connectivity index (χ1n) is 12.0. The molecule has 1 N–H and O–H groups in total. The normalized spacial score (nSPS) is 11.6. The maximum Gasteiger partial charge on any atom is 0.270 e. The number of nitrogens with one attached hydrogen (secondary N) is 1. The van der Waals surface area contributed by atoms with Gasteiger partial charge in [0.1, 0.15) is 17.3 Å². The van der Waals surface area contributed by atoms with E-state index in [2.05, 4.69) is 5.32 Å². The molecule has 0 fully saturated rings. The lowest BCUT2D eigenvalue weighted by Gasteiger charge is -2.20. The fourth-order valence-electron chi connectivity index (χ4n) is 4.24. The molecular weight excluding hydrogens is 465 g/mol. The molecule has 1 heterocycles. The Bertz CT molecular complexity index is 1470. The van der Waals surface area contributed by atoms with Crippen molar-refractivity contribution in [3.05, 3.63) is 138 Å². The topological polar surface area (TPSA) is 56.1 Å². The minimum absolute atomic E-state index is 0.253. The molecule has 1 unspecified atom stereocenters. The summed E-state index contributed by atoms with van der Waals surface area (Å²) in [6.45, 7) is 0. The lowest BCUT2D eigenvalue weighted by Crippen LogP contribution is -2.31. The first kappa shape index (κ1) is 24.0. The van der Waals surface area contributed by atoms with Crippen molar-refractivity contribution >= 4 is 5.91 Å². The number of carbonyl (C=O) groups is 1. The predicted molar refractivity (Wildman–Crippen MR) is 142 cm³/mol. The molecule has 6 heteroatoms. The van der Waals surface area contributed by atoms with Gasteiger partial charge < -0.3 is 10.1 Å². The highest BCUT2D eigenvalue weighted by Crippen LogP contribution is 2.25. The van der Waals surface area contributed by atoms with Crippen LogP contribution < -0.4 is 10.1 Å². The molecule has 184 valence electrons. The third-order valence-corrected chi connectivity index (χ3v) is 6.19. The van der Waals surface area contributed by atoms with Crippen molar-refractivity contribution in [1.29, 1.82) is 0 Å². The van der Waals surface area contributed by atoms with Crippen molar-refractivity contribution in [2.24, 2.45) is 0 Å². The zero-order chi connectivity index (χ0) is 25.6. The highest BCUT2D eigenvalue weighted by molar-refractivity contribution is 5.94. The predicted octanol–water partition coefficient (Wildman–Crippen LogP) is 6.40. The number of rotatable bonds is 8. The van der Waals surface area contributed by atoms with Gasteiger partial charge in [-0.2, -0.15) is 5.10 Å². The van der Waals surface area contributed by atoms with Gasteiger partial charge in [0.15, 0.2) is 0 Å². The fraction of sp³-hybridized carbons (Fsp3) is 0.0968. The van der Waals surface area contributed by atoms with Crippen LogP contribution in [0.4, 0.5) is 4.39 Å². The molecule has 0 bridgehead atoms. The second-order valence-corrected chi connectivity index (χ2v) is 8.66. The van der Waals surface area contributed by atoms with Crippen LogP contribution in [0.3, 0.4) is 0 Å². The van der Waals surface area contributed by atoms with Gasteiger partial charge in [0.05, 0.1) is 24.5 Å². The molecule has 0 saturated heterocycles.